The molecule has 0 saturated carbocycles. The Labute approximate surface area is 241 Å². The zero-order chi connectivity index (χ0) is 31.3. The number of aliphatic hydroxyl groups is 6. The highest BCUT2D eigenvalue weighted by Gasteiger charge is 2.47. The Morgan fingerprint density at radius 2 is 1.42 bits per heavy atom. The molecule has 10 N–H and O–H groups in total. The van der Waals surface area contributed by atoms with Gasteiger partial charge in [-0.3, -0.25) is 4.79 Å². The summed E-state index contributed by atoms with van der Waals surface area (Å²) in [5, 5.41) is 101. The number of phenols is 4. The van der Waals surface area contributed by atoms with Gasteiger partial charge in [-0.25, -0.2) is 0 Å². The van der Waals surface area contributed by atoms with Crippen molar-refractivity contribution in [1.29, 1.82) is 0 Å². The molecular formula is C27H30O16. The number of hydrogen-bond acceptors (Lipinski definition) is 16. The molecule has 6 unspecified atom stereocenters. The van der Waals surface area contributed by atoms with Gasteiger partial charge in [-0.05, 0) is 25.1 Å². The van der Waals surface area contributed by atoms with Crippen molar-refractivity contribution in [2.24, 2.45) is 0 Å². The van der Waals surface area contributed by atoms with Gasteiger partial charge in [0.2, 0.25) is 17.5 Å². The number of phenolic OH excluding ortho intramolecular Hbond substituents is 4. The van der Waals surface area contributed by atoms with Crippen LogP contribution < -0.4 is 10.2 Å². The van der Waals surface area contributed by atoms with Crippen LogP contribution in [0.4, 0.5) is 0 Å². The molecule has 0 spiro atoms. The van der Waals surface area contributed by atoms with E-state index in [4.69, 9.17) is 23.4 Å². The van der Waals surface area contributed by atoms with Gasteiger partial charge in [0.25, 0.3) is 0 Å². The first-order valence-electron chi connectivity index (χ1n) is 13.0. The Morgan fingerprint density at radius 1 is 0.744 bits per heavy atom. The Bertz CT molecular complexity index is 1540. The fourth-order valence-electron chi connectivity index (χ4n) is 4.84. The molecule has 5 rings (SSSR count). The zero-order valence-corrected chi connectivity index (χ0v) is 22.3. The number of ether oxygens (including phenoxy) is 4. The molecule has 16 heteroatoms. The van der Waals surface area contributed by atoms with Crippen LogP contribution in [0.15, 0.2) is 39.5 Å². The zero-order valence-electron chi connectivity index (χ0n) is 22.3. The summed E-state index contributed by atoms with van der Waals surface area (Å²) in [4.78, 5) is 13.6. The van der Waals surface area contributed by atoms with E-state index in [9.17, 15) is 55.9 Å². The topological polar surface area (TPSA) is 269 Å². The number of rotatable bonds is 6. The van der Waals surface area contributed by atoms with Gasteiger partial charge < -0.3 is 74.4 Å². The molecule has 3 heterocycles. The fourth-order valence-corrected chi connectivity index (χ4v) is 4.84. The SMILES string of the molecule is CC1O[C@@H](OCC2O[C@@H](Oc3c(-c4ccc(O)c(O)c4)oc4cc(O)cc(O)c4c3=O)C(O)C(O)[C@H]2O)C(O)C(O)[C@H]1O. The van der Waals surface area contributed by atoms with Crippen LogP contribution in [0.2, 0.25) is 0 Å². The molecule has 43 heavy (non-hydrogen) atoms. The summed E-state index contributed by atoms with van der Waals surface area (Å²) < 4.78 is 27.8. The van der Waals surface area contributed by atoms with Crippen LogP contribution >= 0.6 is 0 Å². The molecule has 2 fully saturated rings. The van der Waals surface area contributed by atoms with Crippen LogP contribution in [0.5, 0.6) is 28.7 Å². The molecule has 0 aliphatic carbocycles. The molecule has 0 radical (unpaired) electrons. The van der Waals surface area contributed by atoms with E-state index >= 15 is 0 Å². The normalized spacial score (nSPS) is 33.0. The standard InChI is InChI=1S/C27H30O16/c1-8-17(32)20(35)22(37)26(40-8)39-7-15-18(33)21(36)23(38)27(42-15)43-25-19(34)16-13(31)5-10(28)6-14(16)41-24(25)9-2-3-11(29)12(30)4-9/h2-6,8,15,17-18,20-23,26-33,35-38H,7H2,1H3/t8?,15?,17-,18-,20?,21?,22?,23?,26+,27-/m0/s1. The van der Waals surface area contributed by atoms with E-state index in [1.54, 1.807) is 0 Å². The highest BCUT2D eigenvalue weighted by molar-refractivity contribution is 5.88. The predicted octanol–water partition coefficient (Wildman–Crippen LogP) is -1.69. The van der Waals surface area contributed by atoms with E-state index in [0.29, 0.717) is 0 Å². The van der Waals surface area contributed by atoms with Gasteiger partial charge in [0, 0.05) is 17.7 Å². The van der Waals surface area contributed by atoms with Crippen molar-refractivity contribution in [2.45, 2.75) is 68.3 Å². The third kappa shape index (κ3) is 5.67. The highest BCUT2D eigenvalue weighted by atomic mass is 16.7. The van der Waals surface area contributed by atoms with Crippen LogP contribution in [0, 0.1) is 0 Å². The van der Waals surface area contributed by atoms with E-state index in [0.717, 1.165) is 24.3 Å². The number of aromatic hydroxyl groups is 4. The molecule has 2 saturated heterocycles. The summed E-state index contributed by atoms with van der Waals surface area (Å²) in [5.41, 5.74) is -1.35. The molecule has 2 aliphatic heterocycles. The fraction of sp³-hybridized carbons (Fsp3) is 0.444. The summed E-state index contributed by atoms with van der Waals surface area (Å²) in [6, 6.07) is 5.24. The summed E-state index contributed by atoms with van der Waals surface area (Å²) >= 11 is 0. The van der Waals surface area contributed by atoms with Gasteiger partial charge in [-0.2, -0.15) is 0 Å². The number of fused-ring (bicyclic) bond motifs is 1. The van der Waals surface area contributed by atoms with Gasteiger partial charge in [-0.1, -0.05) is 0 Å². The largest absolute Gasteiger partial charge is 0.508 e. The summed E-state index contributed by atoms with van der Waals surface area (Å²) in [6.07, 6.45) is -16.2. The average Bonchev–Trinajstić information content (AvgIpc) is 2.96. The van der Waals surface area contributed by atoms with E-state index in [1.807, 2.05) is 0 Å². The van der Waals surface area contributed by atoms with Crippen molar-refractivity contribution in [2.75, 3.05) is 6.61 Å². The van der Waals surface area contributed by atoms with E-state index in [-0.39, 0.29) is 11.1 Å². The first-order valence-corrected chi connectivity index (χ1v) is 13.0. The number of hydrogen-bond donors (Lipinski definition) is 10. The van der Waals surface area contributed by atoms with Crippen molar-refractivity contribution in [3.8, 4) is 40.1 Å². The quantitative estimate of drug-likeness (QED) is 0.140. The van der Waals surface area contributed by atoms with Crippen LogP contribution in [-0.4, -0.2) is 119 Å². The maximum absolute atomic E-state index is 13.6. The molecule has 2 aromatic carbocycles. The predicted molar refractivity (Wildman–Crippen MR) is 140 cm³/mol. The summed E-state index contributed by atoms with van der Waals surface area (Å²) in [5.74, 6) is -3.33. The molecule has 0 bridgehead atoms. The van der Waals surface area contributed by atoms with Gasteiger partial charge in [0.1, 0.15) is 65.2 Å². The smallest absolute Gasteiger partial charge is 0.239 e. The maximum Gasteiger partial charge on any atom is 0.239 e. The van der Waals surface area contributed by atoms with Crippen molar-refractivity contribution >= 4 is 11.0 Å². The molecule has 10 atom stereocenters. The van der Waals surface area contributed by atoms with Gasteiger partial charge in [0.15, 0.2) is 23.5 Å². The lowest BCUT2D eigenvalue weighted by molar-refractivity contribution is -0.318. The molecule has 1 aromatic heterocycles. The number of aliphatic hydroxyl groups excluding tert-OH is 6. The minimum atomic E-state index is -1.97. The first-order chi connectivity index (χ1) is 20.3. The molecule has 234 valence electrons. The molecule has 2 aliphatic rings. The minimum absolute atomic E-state index is 0.0313. The highest BCUT2D eigenvalue weighted by Crippen LogP contribution is 2.39. The molecule has 0 amide bonds. The molecular weight excluding hydrogens is 580 g/mol. The summed E-state index contributed by atoms with van der Waals surface area (Å²) in [7, 11) is 0. The average molecular weight is 611 g/mol. The van der Waals surface area contributed by atoms with Crippen molar-refractivity contribution in [3.63, 3.8) is 0 Å². The van der Waals surface area contributed by atoms with E-state index in [1.165, 1.54) is 13.0 Å². The van der Waals surface area contributed by atoms with Crippen LogP contribution in [0.1, 0.15) is 6.92 Å². The Hall–Kier alpha value is -3.71. The molecule has 16 nitrogen and oxygen atoms in total. The third-order valence-electron chi connectivity index (χ3n) is 7.29. The van der Waals surface area contributed by atoms with E-state index < -0.39 is 113 Å². The monoisotopic (exact) mass is 610 g/mol. The third-order valence-corrected chi connectivity index (χ3v) is 7.29. The van der Waals surface area contributed by atoms with Crippen molar-refractivity contribution in [1.82, 2.24) is 0 Å². The Balaban J connectivity index is 1.48. The van der Waals surface area contributed by atoms with Gasteiger partial charge >= 0.3 is 0 Å². The lowest BCUT2D eigenvalue weighted by Gasteiger charge is -2.42. The molecule has 3 aromatic rings. The Morgan fingerprint density at radius 3 is 2.12 bits per heavy atom. The van der Waals surface area contributed by atoms with Crippen LogP contribution in [0.3, 0.4) is 0 Å². The van der Waals surface area contributed by atoms with Crippen molar-refractivity contribution < 1.29 is 74.4 Å². The van der Waals surface area contributed by atoms with E-state index in [2.05, 4.69) is 0 Å². The second kappa shape index (κ2) is 11.8. The van der Waals surface area contributed by atoms with Crippen molar-refractivity contribution in [3.05, 3.63) is 40.6 Å². The maximum atomic E-state index is 13.6. The number of benzene rings is 2. The summed E-state index contributed by atoms with van der Waals surface area (Å²) in [6.45, 7) is 0.818. The minimum Gasteiger partial charge on any atom is -0.508 e. The lowest BCUT2D eigenvalue weighted by Crippen LogP contribution is -2.61. The second-order valence-corrected chi connectivity index (χ2v) is 10.3. The lowest BCUT2D eigenvalue weighted by atomic mass is 9.98. The van der Waals surface area contributed by atoms with Crippen LogP contribution in [-0.2, 0) is 14.2 Å². The van der Waals surface area contributed by atoms with Crippen LogP contribution in [0.25, 0.3) is 22.3 Å². The van der Waals surface area contributed by atoms with Gasteiger partial charge in [0.05, 0.1) is 12.7 Å². The second-order valence-electron chi connectivity index (χ2n) is 10.3. The Kier molecular flexibility index (Phi) is 8.41. The first kappa shape index (κ1) is 30.7. The van der Waals surface area contributed by atoms with Gasteiger partial charge in [-0.15, -0.1) is 0 Å².